The summed E-state index contributed by atoms with van der Waals surface area (Å²) in [5.74, 6) is 1.80. The van der Waals surface area contributed by atoms with Crippen molar-refractivity contribution in [1.29, 1.82) is 5.26 Å². The molecule has 0 atom stereocenters. The molecule has 30 heavy (non-hydrogen) atoms. The van der Waals surface area contributed by atoms with Crippen molar-refractivity contribution in [3.8, 4) is 17.5 Å². The van der Waals surface area contributed by atoms with Crippen molar-refractivity contribution < 1.29 is 9.21 Å². The van der Waals surface area contributed by atoms with Crippen LogP contribution < -0.4 is 5.32 Å². The fraction of sp³-hybridized carbons (Fsp3) is 0.182. The maximum atomic E-state index is 12.1. The molecule has 0 saturated heterocycles. The average molecular weight is 398 g/mol. The van der Waals surface area contributed by atoms with Crippen LogP contribution >= 0.6 is 0 Å². The highest BCUT2D eigenvalue weighted by molar-refractivity contribution is 5.90. The highest BCUT2D eigenvalue weighted by atomic mass is 16.3. The fourth-order valence-electron chi connectivity index (χ4n) is 3.68. The quantitative estimate of drug-likeness (QED) is 0.541. The number of nitriles is 1. The summed E-state index contributed by atoms with van der Waals surface area (Å²) in [6.07, 6.45) is 2.33. The van der Waals surface area contributed by atoms with E-state index in [9.17, 15) is 4.79 Å². The van der Waals surface area contributed by atoms with E-state index in [1.807, 2.05) is 54.7 Å². The van der Waals surface area contributed by atoms with Gasteiger partial charge in [-0.2, -0.15) is 10.2 Å². The lowest BCUT2D eigenvalue weighted by Gasteiger charge is -2.25. The Morgan fingerprint density at radius 1 is 1.27 bits per heavy atom. The van der Waals surface area contributed by atoms with Crippen molar-refractivity contribution in [2.75, 3.05) is 11.9 Å². The van der Waals surface area contributed by atoms with Gasteiger partial charge in [-0.15, -0.1) is 0 Å². The summed E-state index contributed by atoms with van der Waals surface area (Å²) in [6, 6.07) is 15.5. The third-order valence-electron chi connectivity index (χ3n) is 5.13. The number of furan rings is 1. The molecule has 3 aromatic heterocycles. The van der Waals surface area contributed by atoms with E-state index in [0.29, 0.717) is 42.6 Å². The molecule has 8 nitrogen and oxygen atoms in total. The lowest BCUT2D eigenvalue weighted by molar-refractivity contribution is -0.131. The van der Waals surface area contributed by atoms with Crippen molar-refractivity contribution in [1.82, 2.24) is 19.9 Å². The fourth-order valence-corrected chi connectivity index (χ4v) is 3.68. The molecule has 0 fully saturated rings. The Morgan fingerprint density at radius 2 is 2.13 bits per heavy atom. The molecule has 0 unspecified atom stereocenters. The maximum absolute atomic E-state index is 12.1. The van der Waals surface area contributed by atoms with E-state index in [2.05, 4.69) is 15.3 Å². The zero-order chi connectivity index (χ0) is 20.5. The van der Waals surface area contributed by atoms with Gasteiger partial charge in [0.15, 0.2) is 5.76 Å². The number of H-pyrrole nitrogens is 1. The molecule has 0 aliphatic carbocycles. The standard InChI is InChI=1S/C22H18N6O2/c23-9-6-19(29)28-11-8-17-14(13-28)12-18(30-17)20-16-7-10-24-21(16)27-22(26-20)25-15-4-2-1-3-5-15/h1-5,7,10,12H,6,8,11,13H2,(H2,24,25,26,27). The molecule has 2 N–H and O–H groups in total. The number of nitrogens with zero attached hydrogens (tertiary/aromatic N) is 4. The van der Waals surface area contributed by atoms with Crippen LogP contribution in [-0.4, -0.2) is 32.3 Å². The van der Waals surface area contributed by atoms with Crippen molar-refractivity contribution >= 4 is 28.6 Å². The minimum Gasteiger partial charge on any atom is -0.459 e. The van der Waals surface area contributed by atoms with Crippen molar-refractivity contribution in [3.05, 3.63) is 60.0 Å². The topological polar surface area (TPSA) is 111 Å². The normalized spacial score (nSPS) is 13.1. The highest BCUT2D eigenvalue weighted by Gasteiger charge is 2.25. The van der Waals surface area contributed by atoms with Gasteiger partial charge in [0.1, 0.15) is 23.5 Å². The number of carbonyl (C=O) groups is 1. The number of hydrogen-bond acceptors (Lipinski definition) is 6. The third-order valence-corrected chi connectivity index (χ3v) is 5.13. The van der Waals surface area contributed by atoms with E-state index in [1.165, 1.54) is 0 Å². The Morgan fingerprint density at radius 3 is 2.97 bits per heavy atom. The average Bonchev–Trinajstić information content (AvgIpc) is 3.40. The minimum absolute atomic E-state index is 0.107. The molecule has 1 amide bonds. The molecule has 0 bridgehead atoms. The second-order valence-electron chi connectivity index (χ2n) is 7.09. The first-order valence-corrected chi connectivity index (χ1v) is 9.65. The molecule has 0 radical (unpaired) electrons. The first-order chi connectivity index (χ1) is 14.7. The summed E-state index contributed by atoms with van der Waals surface area (Å²) in [5, 5.41) is 12.9. The molecule has 1 aliphatic heterocycles. The van der Waals surface area contributed by atoms with Crippen molar-refractivity contribution in [3.63, 3.8) is 0 Å². The molecule has 1 aliphatic rings. The van der Waals surface area contributed by atoms with Crippen LogP contribution in [0.3, 0.4) is 0 Å². The van der Waals surface area contributed by atoms with E-state index in [0.717, 1.165) is 22.4 Å². The number of rotatable bonds is 4. The molecule has 0 spiro atoms. The summed E-state index contributed by atoms with van der Waals surface area (Å²) in [5.41, 5.74) is 3.23. The number of anilines is 2. The van der Waals surface area contributed by atoms with Crippen LogP contribution in [0.2, 0.25) is 0 Å². The molecule has 8 heteroatoms. The SMILES string of the molecule is N#CCC(=O)N1CCc2oc(-c3nc(Nc4ccccc4)nc4[nH]ccc34)cc2C1. The second kappa shape index (κ2) is 7.37. The lowest BCUT2D eigenvalue weighted by atomic mass is 10.1. The summed E-state index contributed by atoms with van der Waals surface area (Å²) < 4.78 is 6.13. The van der Waals surface area contributed by atoms with Gasteiger partial charge in [-0.1, -0.05) is 18.2 Å². The first kappa shape index (κ1) is 17.9. The Hall–Kier alpha value is -4.12. The predicted octanol–water partition coefficient (Wildman–Crippen LogP) is 3.76. The highest BCUT2D eigenvalue weighted by Crippen LogP contribution is 2.33. The molecule has 148 valence electrons. The van der Waals surface area contributed by atoms with Gasteiger partial charge in [0.2, 0.25) is 11.9 Å². The van der Waals surface area contributed by atoms with Gasteiger partial charge >= 0.3 is 0 Å². The van der Waals surface area contributed by atoms with E-state index in [-0.39, 0.29) is 12.3 Å². The van der Waals surface area contributed by atoms with Gasteiger partial charge < -0.3 is 19.6 Å². The van der Waals surface area contributed by atoms with Crippen LogP contribution in [0.25, 0.3) is 22.5 Å². The number of fused-ring (bicyclic) bond motifs is 2. The molecule has 4 aromatic rings. The Balaban J connectivity index is 1.50. The lowest BCUT2D eigenvalue weighted by Crippen LogP contribution is -2.35. The largest absolute Gasteiger partial charge is 0.459 e. The van der Waals surface area contributed by atoms with Gasteiger partial charge in [0.25, 0.3) is 0 Å². The van der Waals surface area contributed by atoms with Crippen LogP contribution in [0.4, 0.5) is 11.6 Å². The Bertz CT molecular complexity index is 1270. The van der Waals surface area contributed by atoms with Gasteiger partial charge in [-0.25, -0.2) is 4.98 Å². The maximum Gasteiger partial charge on any atom is 0.237 e. The zero-order valence-electron chi connectivity index (χ0n) is 16.1. The van der Waals surface area contributed by atoms with Crippen LogP contribution in [0.15, 0.2) is 53.1 Å². The number of aromatic amines is 1. The summed E-state index contributed by atoms with van der Waals surface area (Å²) in [7, 11) is 0. The number of amides is 1. The second-order valence-corrected chi connectivity index (χ2v) is 7.09. The van der Waals surface area contributed by atoms with Gasteiger partial charge in [-0.05, 0) is 24.3 Å². The van der Waals surface area contributed by atoms with Crippen LogP contribution in [0.5, 0.6) is 0 Å². The van der Waals surface area contributed by atoms with Crippen LogP contribution in [0, 0.1) is 11.3 Å². The van der Waals surface area contributed by atoms with Crippen molar-refractivity contribution in [2.24, 2.45) is 0 Å². The van der Waals surface area contributed by atoms with E-state index >= 15 is 0 Å². The first-order valence-electron chi connectivity index (χ1n) is 9.65. The summed E-state index contributed by atoms with van der Waals surface area (Å²) in [6.45, 7) is 0.987. The summed E-state index contributed by atoms with van der Waals surface area (Å²) >= 11 is 0. The molecule has 0 saturated carbocycles. The van der Waals surface area contributed by atoms with E-state index < -0.39 is 0 Å². The Kier molecular flexibility index (Phi) is 4.41. The van der Waals surface area contributed by atoms with Crippen LogP contribution in [0.1, 0.15) is 17.7 Å². The number of aromatic nitrogens is 3. The van der Waals surface area contributed by atoms with E-state index in [1.54, 1.807) is 4.90 Å². The molecular weight excluding hydrogens is 380 g/mol. The number of para-hydroxylation sites is 1. The smallest absolute Gasteiger partial charge is 0.237 e. The van der Waals surface area contributed by atoms with Gasteiger partial charge in [0, 0.05) is 42.3 Å². The number of hydrogen-bond donors (Lipinski definition) is 2. The third kappa shape index (κ3) is 3.26. The van der Waals surface area contributed by atoms with E-state index in [4.69, 9.17) is 14.7 Å². The number of carbonyl (C=O) groups excluding carboxylic acids is 1. The van der Waals surface area contributed by atoms with Gasteiger partial charge in [-0.3, -0.25) is 4.79 Å². The summed E-state index contributed by atoms with van der Waals surface area (Å²) in [4.78, 5) is 26.2. The molecule has 1 aromatic carbocycles. The predicted molar refractivity (Wildman–Crippen MR) is 111 cm³/mol. The number of benzene rings is 1. The molecular formula is C22H18N6O2. The molecule has 4 heterocycles. The number of nitrogens with one attached hydrogen (secondary N) is 2. The minimum atomic E-state index is -0.157. The monoisotopic (exact) mass is 398 g/mol. The zero-order valence-corrected chi connectivity index (χ0v) is 16.1. The van der Waals surface area contributed by atoms with Crippen molar-refractivity contribution in [2.45, 2.75) is 19.4 Å². The Labute approximate surface area is 172 Å². The molecule has 5 rings (SSSR count). The van der Waals surface area contributed by atoms with Crippen LogP contribution in [-0.2, 0) is 17.8 Å². The van der Waals surface area contributed by atoms with Gasteiger partial charge in [0.05, 0.1) is 6.07 Å².